The second-order valence-electron chi connectivity index (χ2n) is 6.09. The number of rotatable bonds is 6. The monoisotopic (exact) mass is 296 g/mol. The molecule has 0 aromatic heterocycles. The first-order valence-corrected chi connectivity index (χ1v) is 8.38. The van der Waals surface area contributed by atoms with Crippen LogP contribution in [-0.2, 0) is 14.3 Å². The van der Waals surface area contributed by atoms with E-state index in [0.717, 1.165) is 38.8 Å². The molecule has 0 atom stereocenters. The van der Waals surface area contributed by atoms with E-state index in [9.17, 15) is 9.59 Å². The molecule has 0 spiro atoms. The third kappa shape index (κ3) is 5.65. The summed E-state index contributed by atoms with van der Waals surface area (Å²) in [6, 6.07) is 0.396. The van der Waals surface area contributed by atoms with Gasteiger partial charge in [0.25, 0.3) is 0 Å². The number of amides is 1. The quantitative estimate of drug-likeness (QED) is 0.701. The first kappa shape index (κ1) is 16.3. The average Bonchev–Trinajstić information content (AvgIpc) is 3.21. The van der Waals surface area contributed by atoms with Gasteiger partial charge in [0.1, 0.15) is 0 Å². The molecule has 1 amide bonds. The van der Waals surface area contributed by atoms with Crippen molar-refractivity contribution in [1.82, 2.24) is 9.80 Å². The SMILES string of the molecule is CCOC(=O)CN(CC(=O)N1CCCCCCC1)C1CC1. The van der Waals surface area contributed by atoms with Crippen molar-refractivity contribution in [3.63, 3.8) is 0 Å². The van der Waals surface area contributed by atoms with Crippen molar-refractivity contribution in [3.05, 3.63) is 0 Å². The molecule has 0 aromatic rings. The van der Waals surface area contributed by atoms with Gasteiger partial charge in [-0.15, -0.1) is 0 Å². The van der Waals surface area contributed by atoms with E-state index in [0.29, 0.717) is 19.2 Å². The maximum Gasteiger partial charge on any atom is 0.320 e. The van der Waals surface area contributed by atoms with Crippen LogP contribution in [0.5, 0.6) is 0 Å². The molecule has 1 saturated carbocycles. The molecule has 5 heteroatoms. The Morgan fingerprint density at radius 2 is 1.67 bits per heavy atom. The van der Waals surface area contributed by atoms with Crippen molar-refractivity contribution in [3.8, 4) is 0 Å². The number of hydrogen-bond acceptors (Lipinski definition) is 4. The van der Waals surface area contributed by atoms with Gasteiger partial charge in [-0.05, 0) is 32.6 Å². The van der Waals surface area contributed by atoms with Crippen LogP contribution in [0.15, 0.2) is 0 Å². The Kier molecular flexibility index (Phi) is 6.49. The minimum Gasteiger partial charge on any atom is -0.465 e. The minimum atomic E-state index is -0.218. The zero-order chi connectivity index (χ0) is 15.1. The first-order chi connectivity index (χ1) is 10.2. The number of ether oxygens (including phenoxy) is 1. The van der Waals surface area contributed by atoms with Gasteiger partial charge in [0, 0.05) is 19.1 Å². The van der Waals surface area contributed by atoms with Crippen LogP contribution in [0.1, 0.15) is 51.9 Å². The number of likely N-dealkylation sites (tertiary alicyclic amines) is 1. The van der Waals surface area contributed by atoms with E-state index in [1.165, 1.54) is 19.3 Å². The van der Waals surface area contributed by atoms with Gasteiger partial charge >= 0.3 is 5.97 Å². The van der Waals surface area contributed by atoms with Gasteiger partial charge in [-0.3, -0.25) is 14.5 Å². The van der Waals surface area contributed by atoms with Crippen LogP contribution < -0.4 is 0 Å². The fourth-order valence-electron chi connectivity index (χ4n) is 2.90. The third-order valence-corrected chi connectivity index (χ3v) is 4.25. The lowest BCUT2D eigenvalue weighted by Gasteiger charge is -2.28. The fraction of sp³-hybridized carbons (Fsp3) is 0.875. The molecular formula is C16H28N2O3. The van der Waals surface area contributed by atoms with E-state index < -0.39 is 0 Å². The van der Waals surface area contributed by atoms with Crippen LogP contribution in [-0.4, -0.2) is 60.5 Å². The van der Waals surface area contributed by atoms with Crippen molar-refractivity contribution >= 4 is 11.9 Å². The third-order valence-electron chi connectivity index (χ3n) is 4.25. The first-order valence-electron chi connectivity index (χ1n) is 8.38. The Hall–Kier alpha value is -1.10. The van der Waals surface area contributed by atoms with Crippen LogP contribution in [0.3, 0.4) is 0 Å². The van der Waals surface area contributed by atoms with E-state index in [-0.39, 0.29) is 18.4 Å². The fourth-order valence-corrected chi connectivity index (χ4v) is 2.90. The lowest BCUT2D eigenvalue weighted by atomic mass is 10.1. The van der Waals surface area contributed by atoms with Crippen LogP contribution in [0.4, 0.5) is 0 Å². The number of carbonyl (C=O) groups excluding carboxylic acids is 2. The molecule has 5 nitrogen and oxygen atoms in total. The van der Waals surface area contributed by atoms with Gasteiger partial charge in [-0.1, -0.05) is 19.3 Å². The highest BCUT2D eigenvalue weighted by molar-refractivity contribution is 5.79. The highest BCUT2D eigenvalue weighted by Crippen LogP contribution is 2.26. The smallest absolute Gasteiger partial charge is 0.320 e. The molecule has 21 heavy (non-hydrogen) atoms. The molecule has 0 unspecified atom stereocenters. The van der Waals surface area contributed by atoms with Crippen molar-refractivity contribution in [2.24, 2.45) is 0 Å². The molecule has 2 rings (SSSR count). The summed E-state index contributed by atoms with van der Waals surface area (Å²) < 4.78 is 5.01. The van der Waals surface area contributed by atoms with Crippen LogP contribution in [0.25, 0.3) is 0 Å². The van der Waals surface area contributed by atoms with E-state index in [2.05, 4.69) is 0 Å². The van der Waals surface area contributed by atoms with Crippen molar-refractivity contribution in [2.75, 3.05) is 32.8 Å². The van der Waals surface area contributed by atoms with Crippen molar-refractivity contribution in [1.29, 1.82) is 0 Å². The predicted molar refractivity (Wildman–Crippen MR) is 80.9 cm³/mol. The Morgan fingerprint density at radius 1 is 1.05 bits per heavy atom. The van der Waals surface area contributed by atoms with E-state index in [1.54, 1.807) is 0 Å². The Labute approximate surface area is 127 Å². The van der Waals surface area contributed by atoms with Crippen LogP contribution >= 0.6 is 0 Å². The molecule has 2 fully saturated rings. The van der Waals surface area contributed by atoms with Gasteiger partial charge < -0.3 is 9.64 Å². The standard InChI is InChI=1S/C16H28N2O3/c1-2-21-16(20)13-18(14-8-9-14)12-15(19)17-10-6-4-3-5-7-11-17/h14H,2-13H2,1H3. The normalized spacial score (nSPS) is 20.0. The summed E-state index contributed by atoms with van der Waals surface area (Å²) in [6.45, 7) is 4.57. The summed E-state index contributed by atoms with van der Waals surface area (Å²) in [7, 11) is 0. The average molecular weight is 296 g/mol. The highest BCUT2D eigenvalue weighted by Gasteiger charge is 2.32. The van der Waals surface area contributed by atoms with Gasteiger partial charge in [0.15, 0.2) is 0 Å². The lowest BCUT2D eigenvalue weighted by molar-refractivity contribution is -0.145. The second kappa shape index (κ2) is 8.37. The van der Waals surface area contributed by atoms with Gasteiger partial charge in [-0.25, -0.2) is 0 Å². The van der Waals surface area contributed by atoms with E-state index in [4.69, 9.17) is 4.74 Å². The molecule has 120 valence electrons. The van der Waals surface area contributed by atoms with Crippen LogP contribution in [0.2, 0.25) is 0 Å². The summed E-state index contributed by atoms with van der Waals surface area (Å²) >= 11 is 0. The maximum atomic E-state index is 12.5. The number of hydrogen-bond donors (Lipinski definition) is 0. The zero-order valence-electron chi connectivity index (χ0n) is 13.2. The molecule has 1 aliphatic heterocycles. The summed E-state index contributed by atoms with van der Waals surface area (Å²) in [4.78, 5) is 28.1. The molecule has 0 radical (unpaired) electrons. The summed E-state index contributed by atoms with van der Waals surface area (Å²) in [5.74, 6) is -0.0436. The predicted octanol–water partition coefficient (Wildman–Crippen LogP) is 1.81. The molecule has 1 saturated heterocycles. The molecule has 2 aliphatic rings. The minimum absolute atomic E-state index is 0.174. The molecule has 1 aliphatic carbocycles. The van der Waals surface area contributed by atoms with Crippen molar-refractivity contribution in [2.45, 2.75) is 57.9 Å². The van der Waals surface area contributed by atoms with Gasteiger partial charge in [-0.2, -0.15) is 0 Å². The maximum absolute atomic E-state index is 12.5. The van der Waals surface area contributed by atoms with E-state index in [1.807, 2.05) is 16.7 Å². The van der Waals surface area contributed by atoms with E-state index >= 15 is 0 Å². The van der Waals surface area contributed by atoms with Gasteiger partial charge in [0.05, 0.1) is 19.7 Å². The summed E-state index contributed by atoms with van der Waals surface area (Å²) in [5.41, 5.74) is 0. The topological polar surface area (TPSA) is 49.9 Å². The zero-order valence-corrected chi connectivity index (χ0v) is 13.2. The van der Waals surface area contributed by atoms with Crippen molar-refractivity contribution < 1.29 is 14.3 Å². The Bertz CT molecular complexity index is 347. The molecule has 0 bridgehead atoms. The molecular weight excluding hydrogens is 268 g/mol. The Balaban J connectivity index is 1.83. The summed E-state index contributed by atoms with van der Waals surface area (Å²) in [6.07, 6.45) is 8.12. The second-order valence-corrected chi connectivity index (χ2v) is 6.09. The molecule has 0 aromatic carbocycles. The van der Waals surface area contributed by atoms with Gasteiger partial charge in [0.2, 0.25) is 5.91 Å². The molecule has 1 heterocycles. The molecule has 0 N–H and O–H groups in total. The largest absolute Gasteiger partial charge is 0.465 e. The Morgan fingerprint density at radius 3 is 2.24 bits per heavy atom. The van der Waals surface area contributed by atoms with Crippen LogP contribution in [0, 0.1) is 0 Å². The number of carbonyl (C=O) groups is 2. The summed E-state index contributed by atoms with van der Waals surface area (Å²) in [5, 5.41) is 0. The lowest BCUT2D eigenvalue weighted by Crippen LogP contribution is -2.44. The highest BCUT2D eigenvalue weighted by atomic mass is 16.5. The number of nitrogens with zero attached hydrogens (tertiary/aromatic N) is 2. The number of esters is 1.